The minimum absolute atomic E-state index is 0.0930. The molecule has 0 saturated heterocycles. The van der Waals surface area contributed by atoms with Gasteiger partial charge in [-0.25, -0.2) is 0 Å². The topological polar surface area (TPSA) is 120 Å². The first-order chi connectivity index (χ1) is 15.8. The second kappa shape index (κ2) is 10.3. The van der Waals surface area contributed by atoms with Crippen molar-refractivity contribution in [3.05, 3.63) is 76.8 Å². The first-order valence-electron chi connectivity index (χ1n) is 10.0. The normalized spacial score (nSPS) is 11.2. The first kappa shape index (κ1) is 23.3. The second-order valence-corrected chi connectivity index (χ2v) is 7.17. The number of hydrogen-bond acceptors (Lipinski definition) is 6. The molecule has 9 heteroatoms. The number of methoxy groups -OCH3 is 1. The van der Waals surface area contributed by atoms with Crippen LogP contribution in [0.5, 0.6) is 11.5 Å². The lowest BCUT2D eigenvalue weighted by Crippen LogP contribution is -2.30. The average molecular weight is 449 g/mol. The van der Waals surface area contributed by atoms with E-state index in [0.717, 1.165) is 0 Å². The van der Waals surface area contributed by atoms with Crippen molar-refractivity contribution in [2.45, 2.75) is 20.0 Å². The van der Waals surface area contributed by atoms with Crippen molar-refractivity contribution in [3.63, 3.8) is 0 Å². The molecule has 2 amide bonds. The molecule has 3 aromatic rings. The van der Waals surface area contributed by atoms with Gasteiger partial charge < -0.3 is 20.1 Å². The zero-order valence-corrected chi connectivity index (χ0v) is 18.3. The number of ether oxygens (including phenoxy) is 2. The predicted octanol–water partition coefficient (Wildman–Crippen LogP) is 4.63. The van der Waals surface area contributed by atoms with E-state index in [-0.39, 0.29) is 11.6 Å². The van der Waals surface area contributed by atoms with Crippen molar-refractivity contribution in [1.82, 2.24) is 0 Å². The molecule has 0 spiro atoms. The van der Waals surface area contributed by atoms with Gasteiger partial charge in [0.2, 0.25) is 5.91 Å². The zero-order chi connectivity index (χ0) is 24.0. The molecule has 0 aliphatic carbocycles. The van der Waals surface area contributed by atoms with Crippen molar-refractivity contribution in [3.8, 4) is 22.6 Å². The van der Waals surface area contributed by atoms with Gasteiger partial charge in [0.05, 0.1) is 12.0 Å². The van der Waals surface area contributed by atoms with Crippen LogP contribution in [0.1, 0.15) is 13.8 Å². The molecule has 0 aliphatic rings. The van der Waals surface area contributed by atoms with E-state index in [9.17, 15) is 19.7 Å². The molecular weight excluding hydrogens is 426 g/mol. The Morgan fingerprint density at radius 1 is 0.939 bits per heavy atom. The molecule has 0 heterocycles. The third-order valence-corrected chi connectivity index (χ3v) is 4.72. The molecule has 1 unspecified atom stereocenters. The number of nitro benzene ring substituents is 1. The number of hydrogen-bond donors (Lipinski definition) is 2. The van der Waals surface area contributed by atoms with E-state index in [0.29, 0.717) is 34.0 Å². The van der Waals surface area contributed by atoms with Crippen LogP contribution in [-0.4, -0.2) is 30.0 Å². The first-order valence-corrected chi connectivity index (χ1v) is 10.0. The summed E-state index contributed by atoms with van der Waals surface area (Å²) >= 11 is 0. The van der Waals surface area contributed by atoms with E-state index < -0.39 is 16.9 Å². The van der Waals surface area contributed by atoms with Gasteiger partial charge in [-0.2, -0.15) is 0 Å². The monoisotopic (exact) mass is 449 g/mol. The summed E-state index contributed by atoms with van der Waals surface area (Å²) in [7, 11) is 1.55. The molecule has 0 aliphatic heterocycles. The van der Waals surface area contributed by atoms with Gasteiger partial charge in [0.1, 0.15) is 11.5 Å². The molecule has 3 rings (SSSR count). The van der Waals surface area contributed by atoms with Crippen molar-refractivity contribution >= 4 is 28.9 Å². The van der Waals surface area contributed by atoms with Crippen LogP contribution in [0.2, 0.25) is 0 Å². The van der Waals surface area contributed by atoms with Crippen LogP contribution in [0.15, 0.2) is 66.7 Å². The van der Waals surface area contributed by atoms with E-state index in [2.05, 4.69) is 10.6 Å². The Labute approximate surface area is 190 Å². The Kier molecular flexibility index (Phi) is 7.24. The maximum Gasteiger partial charge on any atom is 0.270 e. The number of benzene rings is 3. The van der Waals surface area contributed by atoms with E-state index in [1.54, 1.807) is 62.6 Å². The summed E-state index contributed by atoms with van der Waals surface area (Å²) in [5, 5.41) is 16.7. The van der Waals surface area contributed by atoms with Crippen LogP contribution >= 0.6 is 0 Å². The number of rotatable bonds is 8. The largest absolute Gasteiger partial charge is 0.497 e. The Morgan fingerprint density at radius 3 is 2.09 bits per heavy atom. The molecule has 0 radical (unpaired) electrons. The summed E-state index contributed by atoms with van der Waals surface area (Å²) in [6.07, 6.45) is -0.890. The molecule has 2 N–H and O–H groups in total. The molecule has 0 bridgehead atoms. The number of nitro groups is 1. The number of nitrogens with one attached hydrogen (secondary N) is 2. The standard InChI is InChI=1S/C24H23N3O6/c1-15(24(29)26-19-8-6-18(7-9-19)25-16(2)28)33-23-13-10-20(27(30)31)14-22(23)17-4-11-21(32-3)12-5-17/h4-15H,1-3H3,(H,25,28)(H,26,29). The molecule has 33 heavy (non-hydrogen) atoms. The lowest BCUT2D eigenvalue weighted by Gasteiger charge is -2.18. The summed E-state index contributed by atoms with van der Waals surface area (Å²) in [6.45, 7) is 2.99. The zero-order valence-electron chi connectivity index (χ0n) is 18.3. The van der Waals surface area contributed by atoms with Crippen molar-refractivity contribution in [2.24, 2.45) is 0 Å². The molecule has 0 aromatic heterocycles. The number of carbonyl (C=O) groups excluding carboxylic acids is 2. The SMILES string of the molecule is COc1ccc(-c2cc([N+](=O)[O-])ccc2OC(C)C(=O)Nc2ccc(NC(C)=O)cc2)cc1. The Morgan fingerprint density at radius 2 is 1.55 bits per heavy atom. The van der Waals surface area contributed by atoms with Gasteiger partial charge in [0.25, 0.3) is 11.6 Å². The summed E-state index contributed by atoms with van der Waals surface area (Å²) in [4.78, 5) is 34.6. The van der Waals surface area contributed by atoms with Crippen LogP contribution in [0.4, 0.5) is 17.1 Å². The molecule has 0 saturated carbocycles. The second-order valence-electron chi connectivity index (χ2n) is 7.17. The summed E-state index contributed by atoms with van der Waals surface area (Å²) in [6, 6.07) is 17.8. The lowest BCUT2D eigenvalue weighted by atomic mass is 10.0. The molecular formula is C24H23N3O6. The van der Waals surface area contributed by atoms with Gasteiger partial charge >= 0.3 is 0 Å². The Hall–Kier alpha value is -4.40. The quantitative estimate of drug-likeness (QED) is 0.382. The number of anilines is 2. The fourth-order valence-electron chi connectivity index (χ4n) is 3.06. The smallest absolute Gasteiger partial charge is 0.270 e. The van der Waals surface area contributed by atoms with Crippen LogP contribution in [0.25, 0.3) is 11.1 Å². The van der Waals surface area contributed by atoms with E-state index >= 15 is 0 Å². The fourth-order valence-corrected chi connectivity index (χ4v) is 3.06. The molecule has 170 valence electrons. The third-order valence-electron chi connectivity index (χ3n) is 4.72. The minimum Gasteiger partial charge on any atom is -0.497 e. The molecule has 3 aromatic carbocycles. The average Bonchev–Trinajstić information content (AvgIpc) is 2.80. The highest BCUT2D eigenvalue weighted by Crippen LogP contribution is 2.35. The predicted molar refractivity (Wildman–Crippen MR) is 125 cm³/mol. The van der Waals surface area contributed by atoms with Crippen molar-refractivity contribution in [1.29, 1.82) is 0 Å². The highest BCUT2D eigenvalue weighted by atomic mass is 16.6. The van der Waals surface area contributed by atoms with Gasteiger partial charge in [-0.3, -0.25) is 19.7 Å². The number of non-ortho nitro benzene ring substituents is 1. The number of amides is 2. The maximum atomic E-state index is 12.7. The van der Waals surface area contributed by atoms with Gasteiger partial charge in [-0.1, -0.05) is 12.1 Å². The van der Waals surface area contributed by atoms with Crippen molar-refractivity contribution in [2.75, 3.05) is 17.7 Å². The van der Waals surface area contributed by atoms with Crippen molar-refractivity contribution < 1.29 is 24.0 Å². The molecule has 0 fully saturated rings. The van der Waals surface area contributed by atoms with Gasteiger partial charge in [-0.05, 0) is 55.0 Å². The van der Waals surface area contributed by atoms with Crippen LogP contribution in [0.3, 0.4) is 0 Å². The van der Waals surface area contributed by atoms with Crippen LogP contribution in [-0.2, 0) is 9.59 Å². The van der Waals surface area contributed by atoms with Crippen LogP contribution < -0.4 is 20.1 Å². The lowest BCUT2D eigenvalue weighted by molar-refractivity contribution is -0.384. The van der Waals surface area contributed by atoms with E-state index in [1.807, 2.05) is 0 Å². The fraction of sp³-hybridized carbons (Fsp3) is 0.167. The molecule has 1 atom stereocenters. The summed E-state index contributed by atoms with van der Waals surface area (Å²) in [5.74, 6) is 0.379. The van der Waals surface area contributed by atoms with E-state index in [1.165, 1.54) is 25.1 Å². The third kappa shape index (κ3) is 6.07. The number of carbonyl (C=O) groups is 2. The van der Waals surface area contributed by atoms with Gasteiger partial charge in [-0.15, -0.1) is 0 Å². The Bertz CT molecular complexity index is 1160. The maximum absolute atomic E-state index is 12.7. The Balaban J connectivity index is 1.78. The molecule has 9 nitrogen and oxygen atoms in total. The summed E-state index contributed by atoms with van der Waals surface area (Å²) < 4.78 is 11.0. The minimum atomic E-state index is -0.890. The summed E-state index contributed by atoms with van der Waals surface area (Å²) in [5.41, 5.74) is 2.20. The van der Waals surface area contributed by atoms with Gasteiger partial charge in [0, 0.05) is 36.0 Å². The number of nitrogens with zero attached hydrogens (tertiary/aromatic N) is 1. The van der Waals surface area contributed by atoms with Crippen LogP contribution in [0, 0.1) is 10.1 Å². The highest BCUT2D eigenvalue weighted by molar-refractivity contribution is 5.95. The highest BCUT2D eigenvalue weighted by Gasteiger charge is 2.20. The van der Waals surface area contributed by atoms with E-state index in [4.69, 9.17) is 9.47 Å². The van der Waals surface area contributed by atoms with Gasteiger partial charge in [0.15, 0.2) is 6.10 Å².